The molecule has 3 N–H and O–H groups in total. The first-order chi connectivity index (χ1) is 13.8. The van der Waals surface area contributed by atoms with Crippen molar-refractivity contribution in [1.29, 1.82) is 0 Å². The molecule has 0 saturated carbocycles. The quantitative estimate of drug-likeness (QED) is 0.518. The Morgan fingerprint density at radius 3 is 2.59 bits per heavy atom. The Labute approximate surface area is 171 Å². The minimum atomic E-state index is -3.88. The maximum absolute atomic E-state index is 12.7. The minimum absolute atomic E-state index is 0.0988. The monoisotopic (exact) mass is 427 g/mol. The van der Waals surface area contributed by atoms with E-state index >= 15 is 0 Å². The summed E-state index contributed by atoms with van der Waals surface area (Å²) < 4.78 is 24.5. The normalized spacial score (nSPS) is 11.5. The van der Waals surface area contributed by atoms with Crippen molar-refractivity contribution in [1.82, 2.24) is 14.6 Å². The number of anilines is 1. The van der Waals surface area contributed by atoms with Gasteiger partial charge >= 0.3 is 0 Å². The third-order valence-corrected chi connectivity index (χ3v) is 5.34. The summed E-state index contributed by atoms with van der Waals surface area (Å²) in [5.74, 6) is -0.479. The molecule has 10 heteroatoms. The number of nitrogens with zero attached hydrogens (tertiary/aromatic N) is 3. The molecule has 0 atom stereocenters. The molecule has 1 amide bonds. The molecule has 146 valence electrons. The van der Waals surface area contributed by atoms with Gasteiger partial charge in [0.2, 0.25) is 10.0 Å². The molecule has 0 aliphatic rings. The number of carbonyl (C=O) groups excluding carboxylic acids is 1. The highest BCUT2D eigenvalue weighted by atomic mass is 35.5. The molecule has 0 radical (unpaired) electrons. The highest BCUT2D eigenvalue weighted by molar-refractivity contribution is 7.89. The smallest absolute Gasteiger partial charge is 0.261 e. The van der Waals surface area contributed by atoms with E-state index in [0.29, 0.717) is 16.4 Å². The highest BCUT2D eigenvalue weighted by Gasteiger charge is 2.16. The Morgan fingerprint density at radius 1 is 1.10 bits per heavy atom. The molecule has 0 saturated heterocycles. The minimum Gasteiger partial charge on any atom is -0.322 e. The first-order valence-corrected chi connectivity index (χ1v) is 10.3. The van der Waals surface area contributed by atoms with Crippen molar-refractivity contribution in [2.24, 2.45) is 5.14 Å². The SMILES string of the molecule is NS(=O)(=O)c1cccc(NC(=O)c2cnn3ccc(-c4ccc(Cl)cc4)nc23)c1. The molecule has 29 heavy (non-hydrogen) atoms. The molecule has 8 nitrogen and oxygen atoms in total. The van der Waals surface area contributed by atoms with E-state index < -0.39 is 15.9 Å². The Hall–Kier alpha value is -3.27. The Bertz CT molecular complexity index is 1330. The third kappa shape index (κ3) is 3.97. The van der Waals surface area contributed by atoms with Crippen molar-refractivity contribution < 1.29 is 13.2 Å². The number of hydrogen-bond acceptors (Lipinski definition) is 5. The molecule has 2 heterocycles. The van der Waals surface area contributed by atoms with Gasteiger partial charge in [-0.25, -0.2) is 23.1 Å². The molecule has 0 aliphatic carbocycles. The summed E-state index contributed by atoms with van der Waals surface area (Å²) in [5.41, 5.74) is 2.37. The average molecular weight is 428 g/mol. The molecule has 0 spiro atoms. The van der Waals surface area contributed by atoms with Crippen molar-refractivity contribution in [3.8, 4) is 11.3 Å². The van der Waals surface area contributed by atoms with Gasteiger partial charge in [-0.15, -0.1) is 0 Å². The fraction of sp³-hybridized carbons (Fsp3) is 0. The molecule has 0 bridgehead atoms. The number of fused-ring (bicyclic) bond motifs is 1. The fourth-order valence-electron chi connectivity index (χ4n) is 2.76. The van der Waals surface area contributed by atoms with Crippen LogP contribution in [0, 0.1) is 0 Å². The van der Waals surface area contributed by atoms with Crippen LogP contribution in [0.4, 0.5) is 5.69 Å². The molecular weight excluding hydrogens is 414 g/mol. The summed E-state index contributed by atoms with van der Waals surface area (Å²) in [6, 6.07) is 14.6. The van der Waals surface area contributed by atoms with E-state index in [1.54, 1.807) is 30.5 Å². The number of nitrogens with two attached hydrogens (primary N) is 1. The average Bonchev–Trinajstić information content (AvgIpc) is 3.11. The van der Waals surface area contributed by atoms with Gasteiger partial charge in [-0.3, -0.25) is 4.79 Å². The van der Waals surface area contributed by atoms with Crippen LogP contribution in [-0.4, -0.2) is 28.9 Å². The van der Waals surface area contributed by atoms with Gasteiger partial charge in [-0.2, -0.15) is 5.10 Å². The second-order valence-corrected chi connectivity index (χ2v) is 8.17. The van der Waals surface area contributed by atoms with E-state index in [-0.39, 0.29) is 16.1 Å². The van der Waals surface area contributed by atoms with Crippen LogP contribution in [0.3, 0.4) is 0 Å². The van der Waals surface area contributed by atoms with Crippen molar-refractivity contribution in [3.05, 3.63) is 77.6 Å². The number of aromatic nitrogens is 3. The number of hydrogen-bond donors (Lipinski definition) is 2. The van der Waals surface area contributed by atoms with E-state index in [4.69, 9.17) is 16.7 Å². The predicted molar refractivity (Wildman–Crippen MR) is 109 cm³/mol. The lowest BCUT2D eigenvalue weighted by molar-refractivity contribution is 0.102. The van der Waals surface area contributed by atoms with Gasteiger partial charge in [0.25, 0.3) is 5.91 Å². The number of rotatable bonds is 4. The maximum atomic E-state index is 12.7. The molecule has 4 aromatic rings. The number of halogens is 1. The van der Waals surface area contributed by atoms with Crippen LogP contribution in [0.2, 0.25) is 5.02 Å². The fourth-order valence-corrected chi connectivity index (χ4v) is 3.45. The topological polar surface area (TPSA) is 119 Å². The zero-order valence-electron chi connectivity index (χ0n) is 14.8. The van der Waals surface area contributed by atoms with Gasteiger partial charge in [0, 0.05) is 22.5 Å². The zero-order valence-corrected chi connectivity index (χ0v) is 16.4. The lowest BCUT2D eigenvalue weighted by Crippen LogP contribution is -2.15. The van der Waals surface area contributed by atoms with E-state index in [1.807, 2.05) is 12.1 Å². The second kappa shape index (κ2) is 7.28. The largest absolute Gasteiger partial charge is 0.322 e. The van der Waals surface area contributed by atoms with E-state index in [0.717, 1.165) is 5.56 Å². The highest BCUT2D eigenvalue weighted by Crippen LogP contribution is 2.22. The molecule has 0 unspecified atom stereocenters. The standard InChI is InChI=1S/C19H14ClN5O3S/c20-13-6-4-12(5-7-13)17-8-9-25-18(24-17)16(11-22-25)19(26)23-14-2-1-3-15(10-14)29(21,27)28/h1-11H,(H,23,26)(H2,21,27,28). The zero-order chi connectivity index (χ0) is 20.6. The van der Waals surface area contributed by atoms with Gasteiger partial charge in [0.15, 0.2) is 5.65 Å². The number of sulfonamides is 1. The number of nitrogens with one attached hydrogen (secondary N) is 1. The van der Waals surface area contributed by atoms with Gasteiger partial charge in [-0.05, 0) is 36.4 Å². The van der Waals surface area contributed by atoms with Crippen LogP contribution in [0.15, 0.2) is 71.9 Å². The number of benzene rings is 2. The summed E-state index contributed by atoms with van der Waals surface area (Å²) in [5, 5.41) is 12.5. The second-order valence-electron chi connectivity index (χ2n) is 6.17. The van der Waals surface area contributed by atoms with Crippen LogP contribution in [-0.2, 0) is 10.0 Å². The third-order valence-electron chi connectivity index (χ3n) is 4.17. The summed E-state index contributed by atoms with van der Waals surface area (Å²) in [6.45, 7) is 0. The van der Waals surface area contributed by atoms with Crippen LogP contribution in [0.25, 0.3) is 16.9 Å². The molecular formula is C19H14ClN5O3S. The first kappa shape index (κ1) is 19.1. The molecule has 4 rings (SSSR count). The van der Waals surface area contributed by atoms with Crippen molar-refractivity contribution in [2.75, 3.05) is 5.32 Å². The van der Waals surface area contributed by atoms with Gasteiger partial charge in [0.05, 0.1) is 16.8 Å². The Morgan fingerprint density at radius 2 is 1.86 bits per heavy atom. The predicted octanol–water partition coefficient (Wildman–Crippen LogP) is 2.95. The Kier molecular flexibility index (Phi) is 4.79. The first-order valence-electron chi connectivity index (χ1n) is 8.36. The van der Waals surface area contributed by atoms with Crippen molar-refractivity contribution in [2.45, 2.75) is 4.90 Å². The summed E-state index contributed by atoms with van der Waals surface area (Å²) in [4.78, 5) is 17.2. The van der Waals surface area contributed by atoms with E-state index in [2.05, 4.69) is 15.4 Å². The van der Waals surface area contributed by atoms with Crippen molar-refractivity contribution >= 4 is 38.9 Å². The molecule has 2 aromatic heterocycles. The van der Waals surface area contributed by atoms with Gasteiger partial charge in [0.1, 0.15) is 5.56 Å². The summed E-state index contributed by atoms with van der Waals surface area (Å²) >= 11 is 5.93. The maximum Gasteiger partial charge on any atom is 0.261 e. The van der Waals surface area contributed by atoms with Crippen LogP contribution < -0.4 is 10.5 Å². The molecule has 0 aliphatic heterocycles. The van der Waals surface area contributed by atoms with E-state index in [1.165, 1.54) is 28.9 Å². The molecule has 2 aromatic carbocycles. The van der Waals surface area contributed by atoms with E-state index in [9.17, 15) is 13.2 Å². The van der Waals surface area contributed by atoms with Crippen molar-refractivity contribution in [3.63, 3.8) is 0 Å². The van der Waals surface area contributed by atoms with Gasteiger partial charge in [-0.1, -0.05) is 29.8 Å². The summed E-state index contributed by atoms with van der Waals surface area (Å²) in [6.07, 6.45) is 3.09. The van der Waals surface area contributed by atoms with Crippen LogP contribution in [0.1, 0.15) is 10.4 Å². The van der Waals surface area contributed by atoms with Crippen LogP contribution in [0.5, 0.6) is 0 Å². The number of carbonyl (C=O) groups is 1. The summed E-state index contributed by atoms with van der Waals surface area (Å²) in [7, 11) is -3.88. The number of amides is 1. The molecule has 0 fully saturated rings. The lowest BCUT2D eigenvalue weighted by Gasteiger charge is -2.06. The number of primary sulfonamides is 1. The van der Waals surface area contributed by atoms with Gasteiger partial charge < -0.3 is 5.32 Å². The lowest BCUT2D eigenvalue weighted by atomic mass is 10.1. The Balaban J connectivity index is 1.68. The van der Waals surface area contributed by atoms with Crippen LogP contribution >= 0.6 is 11.6 Å².